The Labute approximate surface area is 132 Å². The molecule has 1 aliphatic rings. The minimum absolute atomic E-state index is 0.328. The Morgan fingerprint density at radius 2 is 2.16 bits per heavy atom. The van der Waals surface area contributed by atoms with Gasteiger partial charge in [-0.05, 0) is 71.3 Å². The number of fused-ring (bicyclic) bond motifs is 1. The second-order valence-electron chi connectivity index (χ2n) is 6.21. The molecule has 0 amide bonds. The summed E-state index contributed by atoms with van der Waals surface area (Å²) in [6, 6.07) is 7.06. The van der Waals surface area contributed by atoms with Crippen molar-refractivity contribution in [1.29, 1.82) is 0 Å². The van der Waals surface area contributed by atoms with Crippen LogP contribution in [0.1, 0.15) is 45.6 Å². The molecule has 0 spiro atoms. The number of imidazole rings is 1. The molecular formula is C15H19IN2S. The molecule has 1 aliphatic carbocycles. The lowest BCUT2D eigenvalue weighted by atomic mass is 9.73. The Hall–Kier alpha value is -0.360. The summed E-state index contributed by atoms with van der Waals surface area (Å²) in [7, 11) is 0. The van der Waals surface area contributed by atoms with Crippen molar-refractivity contribution in [2.75, 3.05) is 0 Å². The molecule has 1 N–H and O–H groups in total. The molecule has 2 nitrogen and oxygen atoms in total. The van der Waals surface area contributed by atoms with Crippen molar-refractivity contribution < 1.29 is 0 Å². The molecule has 1 unspecified atom stereocenters. The zero-order chi connectivity index (χ0) is 13.6. The number of H-pyrrole nitrogens is 1. The number of halogens is 1. The molecule has 1 heterocycles. The van der Waals surface area contributed by atoms with Gasteiger partial charge in [0.2, 0.25) is 0 Å². The zero-order valence-corrected chi connectivity index (χ0v) is 14.3. The average molecular weight is 386 g/mol. The van der Waals surface area contributed by atoms with Gasteiger partial charge < -0.3 is 9.55 Å². The van der Waals surface area contributed by atoms with Crippen LogP contribution in [0.2, 0.25) is 0 Å². The quantitative estimate of drug-likeness (QED) is 0.511. The molecule has 1 saturated carbocycles. The van der Waals surface area contributed by atoms with E-state index in [0.717, 1.165) is 4.77 Å². The summed E-state index contributed by atoms with van der Waals surface area (Å²) in [5, 5.41) is 0. The molecule has 1 atom stereocenters. The number of nitrogens with zero attached hydrogens (tertiary/aromatic N) is 1. The van der Waals surface area contributed by atoms with E-state index in [4.69, 9.17) is 12.2 Å². The van der Waals surface area contributed by atoms with Crippen molar-refractivity contribution >= 4 is 45.8 Å². The van der Waals surface area contributed by atoms with Gasteiger partial charge in [0.1, 0.15) is 0 Å². The minimum atomic E-state index is 0.328. The normalized spacial score (nSPS) is 22.8. The fourth-order valence-electron chi connectivity index (χ4n) is 3.37. The van der Waals surface area contributed by atoms with Crippen LogP contribution in [0.3, 0.4) is 0 Å². The van der Waals surface area contributed by atoms with Crippen LogP contribution in [0.15, 0.2) is 18.2 Å². The van der Waals surface area contributed by atoms with Gasteiger partial charge in [-0.25, -0.2) is 0 Å². The van der Waals surface area contributed by atoms with Crippen molar-refractivity contribution in [2.45, 2.75) is 45.6 Å². The Bertz CT molecular complexity index is 668. The minimum Gasteiger partial charge on any atom is -0.331 e. The van der Waals surface area contributed by atoms with Gasteiger partial charge in [0, 0.05) is 9.61 Å². The van der Waals surface area contributed by atoms with Gasteiger partial charge in [0.15, 0.2) is 4.77 Å². The number of hydrogen-bond acceptors (Lipinski definition) is 1. The van der Waals surface area contributed by atoms with E-state index < -0.39 is 0 Å². The van der Waals surface area contributed by atoms with Crippen LogP contribution in [0.25, 0.3) is 11.0 Å². The highest BCUT2D eigenvalue weighted by Crippen LogP contribution is 2.45. The average Bonchev–Trinajstić information content (AvgIpc) is 2.64. The van der Waals surface area contributed by atoms with E-state index in [0.29, 0.717) is 11.5 Å². The second kappa shape index (κ2) is 4.88. The zero-order valence-electron chi connectivity index (χ0n) is 11.4. The summed E-state index contributed by atoms with van der Waals surface area (Å²) in [6.07, 6.45) is 5.18. The first kappa shape index (κ1) is 13.6. The van der Waals surface area contributed by atoms with E-state index in [2.05, 4.69) is 64.2 Å². The molecular weight excluding hydrogens is 367 g/mol. The molecule has 0 bridgehead atoms. The molecule has 0 radical (unpaired) electrons. The number of rotatable bonds is 1. The highest BCUT2D eigenvalue weighted by molar-refractivity contribution is 14.1. The second-order valence-corrected chi connectivity index (χ2v) is 7.84. The topological polar surface area (TPSA) is 20.7 Å². The van der Waals surface area contributed by atoms with Crippen LogP contribution in [-0.4, -0.2) is 9.55 Å². The van der Waals surface area contributed by atoms with Crippen molar-refractivity contribution in [1.82, 2.24) is 9.55 Å². The van der Waals surface area contributed by atoms with Gasteiger partial charge >= 0.3 is 0 Å². The van der Waals surface area contributed by atoms with Crippen molar-refractivity contribution in [3.63, 3.8) is 0 Å². The maximum Gasteiger partial charge on any atom is 0.178 e. The maximum absolute atomic E-state index is 5.58. The van der Waals surface area contributed by atoms with Crippen LogP contribution < -0.4 is 0 Å². The summed E-state index contributed by atoms with van der Waals surface area (Å²) >= 11 is 7.93. The fraction of sp³-hybridized carbons (Fsp3) is 0.533. The van der Waals surface area contributed by atoms with E-state index in [-0.39, 0.29) is 0 Å². The summed E-state index contributed by atoms with van der Waals surface area (Å²) in [4.78, 5) is 3.38. The monoisotopic (exact) mass is 386 g/mol. The van der Waals surface area contributed by atoms with E-state index in [9.17, 15) is 0 Å². The van der Waals surface area contributed by atoms with E-state index in [1.54, 1.807) is 0 Å². The SMILES string of the molecule is CC1(C)CCCCC1n1c(=S)[nH]c2cc(I)ccc21. The predicted molar refractivity (Wildman–Crippen MR) is 91.1 cm³/mol. The van der Waals surface area contributed by atoms with Crippen molar-refractivity contribution in [3.8, 4) is 0 Å². The Kier molecular flexibility index (Phi) is 3.50. The van der Waals surface area contributed by atoms with E-state index in [1.165, 1.54) is 40.3 Å². The number of aromatic amines is 1. The number of nitrogens with one attached hydrogen (secondary N) is 1. The number of benzene rings is 1. The standard InChI is InChI=1S/C15H19IN2S/c1-15(2)8-4-3-5-13(15)18-12-7-6-10(16)9-11(12)17-14(18)19/h6-7,9,13H,3-5,8H2,1-2H3,(H,17,19). The molecule has 2 aromatic rings. The third-order valence-electron chi connectivity index (χ3n) is 4.44. The lowest BCUT2D eigenvalue weighted by Crippen LogP contribution is -2.30. The van der Waals surface area contributed by atoms with Gasteiger partial charge in [-0.15, -0.1) is 0 Å². The first-order valence-corrected chi connectivity index (χ1v) is 8.37. The smallest absolute Gasteiger partial charge is 0.178 e. The van der Waals surface area contributed by atoms with Gasteiger partial charge in [-0.2, -0.15) is 0 Å². The Morgan fingerprint density at radius 1 is 1.37 bits per heavy atom. The first-order valence-electron chi connectivity index (χ1n) is 6.89. The Morgan fingerprint density at radius 3 is 2.89 bits per heavy atom. The summed E-state index contributed by atoms with van der Waals surface area (Å²) in [6.45, 7) is 4.76. The molecule has 1 aromatic heterocycles. The third-order valence-corrected chi connectivity index (χ3v) is 5.41. The first-order chi connectivity index (χ1) is 8.99. The van der Waals surface area contributed by atoms with Gasteiger partial charge in [0.25, 0.3) is 0 Å². The van der Waals surface area contributed by atoms with E-state index >= 15 is 0 Å². The van der Waals surface area contributed by atoms with Gasteiger partial charge in [0.05, 0.1) is 11.0 Å². The fourth-order valence-corrected chi connectivity index (χ4v) is 4.19. The molecule has 102 valence electrons. The maximum atomic E-state index is 5.58. The lowest BCUT2D eigenvalue weighted by molar-refractivity contribution is 0.146. The van der Waals surface area contributed by atoms with Crippen LogP contribution >= 0.6 is 34.8 Å². The van der Waals surface area contributed by atoms with E-state index in [1.807, 2.05) is 0 Å². The van der Waals surface area contributed by atoms with Crippen LogP contribution in [0.4, 0.5) is 0 Å². The van der Waals surface area contributed by atoms with Gasteiger partial charge in [-0.1, -0.05) is 26.7 Å². The summed E-state index contributed by atoms with van der Waals surface area (Å²) in [5.74, 6) is 0. The number of aromatic nitrogens is 2. The summed E-state index contributed by atoms with van der Waals surface area (Å²) < 4.78 is 4.48. The van der Waals surface area contributed by atoms with Gasteiger partial charge in [-0.3, -0.25) is 0 Å². The molecule has 19 heavy (non-hydrogen) atoms. The largest absolute Gasteiger partial charge is 0.331 e. The predicted octanol–water partition coefficient (Wildman–Crippen LogP) is 5.44. The molecule has 0 saturated heterocycles. The molecule has 3 rings (SSSR count). The molecule has 0 aliphatic heterocycles. The van der Waals surface area contributed by atoms with Crippen LogP contribution in [-0.2, 0) is 0 Å². The highest BCUT2D eigenvalue weighted by Gasteiger charge is 2.34. The molecule has 1 aromatic carbocycles. The third kappa shape index (κ3) is 2.37. The Balaban J connectivity index is 2.19. The summed E-state index contributed by atoms with van der Waals surface area (Å²) in [5.41, 5.74) is 2.75. The van der Waals surface area contributed by atoms with Crippen LogP contribution in [0, 0.1) is 13.8 Å². The highest BCUT2D eigenvalue weighted by atomic mass is 127. The number of hydrogen-bond donors (Lipinski definition) is 1. The molecule has 4 heteroatoms. The van der Waals surface area contributed by atoms with Crippen LogP contribution in [0.5, 0.6) is 0 Å². The molecule has 1 fully saturated rings. The van der Waals surface area contributed by atoms with Crippen molar-refractivity contribution in [2.24, 2.45) is 5.41 Å². The lowest BCUT2D eigenvalue weighted by Gasteiger charge is -2.39. The van der Waals surface area contributed by atoms with Crippen molar-refractivity contribution in [3.05, 3.63) is 26.5 Å².